The fourth-order valence-electron chi connectivity index (χ4n) is 3.76. The molecule has 0 spiro atoms. The van der Waals surface area contributed by atoms with Crippen molar-refractivity contribution in [3.63, 3.8) is 0 Å². The summed E-state index contributed by atoms with van der Waals surface area (Å²) < 4.78 is 3.78. The van der Waals surface area contributed by atoms with E-state index in [1.807, 2.05) is 79.7 Å². The number of carbonyl (C=O) groups excluding carboxylic acids is 1. The van der Waals surface area contributed by atoms with Crippen molar-refractivity contribution in [2.24, 2.45) is 0 Å². The Bertz CT molecular complexity index is 1210. The van der Waals surface area contributed by atoms with Crippen molar-refractivity contribution in [2.45, 2.75) is 46.8 Å². The van der Waals surface area contributed by atoms with Crippen molar-refractivity contribution < 1.29 is 4.79 Å². The molecule has 4 aromatic rings. The first-order valence-electron chi connectivity index (χ1n) is 10.3. The summed E-state index contributed by atoms with van der Waals surface area (Å²) in [5, 5.41) is 12.8. The van der Waals surface area contributed by atoms with Gasteiger partial charge in [-0.25, -0.2) is 4.98 Å². The molecule has 0 aliphatic heterocycles. The van der Waals surface area contributed by atoms with Crippen molar-refractivity contribution in [3.05, 3.63) is 65.7 Å². The van der Waals surface area contributed by atoms with Crippen LogP contribution in [0.4, 0.5) is 0 Å². The molecule has 0 fully saturated rings. The fourth-order valence-corrected chi connectivity index (χ4v) is 3.76. The van der Waals surface area contributed by atoms with Crippen LogP contribution in [0, 0.1) is 6.92 Å². The zero-order chi connectivity index (χ0) is 21.3. The second-order valence-corrected chi connectivity index (χ2v) is 7.32. The molecule has 1 amide bonds. The van der Waals surface area contributed by atoms with Crippen LogP contribution < -0.4 is 5.32 Å². The number of hydrogen-bond acceptors (Lipinski definition) is 4. The van der Waals surface area contributed by atoms with E-state index in [2.05, 4.69) is 15.5 Å². The number of benzene rings is 1. The molecular formula is C23H26N6O. The highest BCUT2D eigenvalue weighted by molar-refractivity contribution is 6.07. The highest BCUT2D eigenvalue weighted by Crippen LogP contribution is 2.27. The van der Waals surface area contributed by atoms with E-state index in [1.54, 1.807) is 6.20 Å². The van der Waals surface area contributed by atoms with E-state index in [1.165, 1.54) is 0 Å². The van der Waals surface area contributed by atoms with Gasteiger partial charge in [-0.2, -0.15) is 10.2 Å². The Labute approximate surface area is 175 Å². The minimum absolute atomic E-state index is 0.133. The van der Waals surface area contributed by atoms with Gasteiger partial charge in [0.25, 0.3) is 5.91 Å². The number of carbonyl (C=O) groups is 1. The van der Waals surface area contributed by atoms with Crippen molar-refractivity contribution in [3.8, 4) is 11.3 Å². The van der Waals surface area contributed by atoms with Gasteiger partial charge >= 0.3 is 0 Å². The number of amides is 1. The van der Waals surface area contributed by atoms with Crippen LogP contribution in [-0.2, 0) is 13.1 Å². The van der Waals surface area contributed by atoms with Gasteiger partial charge in [0.15, 0.2) is 0 Å². The molecule has 0 saturated heterocycles. The zero-order valence-corrected chi connectivity index (χ0v) is 17.8. The van der Waals surface area contributed by atoms with Crippen LogP contribution >= 0.6 is 0 Å². The molecule has 0 aliphatic rings. The van der Waals surface area contributed by atoms with Crippen LogP contribution in [0.1, 0.15) is 48.6 Å². The second kappa shape index (κ2) is 8.10. The van der Waals surface area contributed by atoms with E-state index in [0.29, 0.717) is 5.56 Å². The van der Waals surface area contributed by atoms with Crippen molar-refractivity contribution in [2.75, 3.05) is 0 Å². The highest BCUT2D eigenvalue weighted by atomic mass is 16.1. The summed E-state index contributed by atoms with van der Waals surface area (Å²) >= 11 is 0. The van der Waals surface area contributed by atoms with E-state index >= 15 is 0 Å². The summed E-state index contributed by atoms with van der Waals surface area (Å²) in [6, 6.07) is 11.4. The number of aromatic nitrogens is 5. The Hall–Kier alpha value is -3.48. The number of rotatable bonds is 6. The third kappa shape index (κ3) is 3.58. The lowest BCUT2D eigenvalue weighted by Gasteiger charge is -2.16. The minimum Gasteiger partial charge on any atom is -0.344 e. The molecule has 1 N–H and O–H groups in total. The van der Waals surface area contributed by atoms with Gasteiger partial charge in [0.05, 0.1) is 34.2 Å². The summed E-state index contributed by atoms with van der Waals surface area (Å²) in [7, 11) is 0. The van der Waals surface area contributed by atoms with E-state index in [0.717, 1.165) is 46.6 Å². The Balaban J connectivity index is 1.75. The maximum absolute atomic E-state index is 13.3. The molecule has 1 aromatic carbocycles. The van der Waals surface area contributed by atoms with Gasteiger partial charge in [-0.05, 0) is 45.9 Å². The molecule has 0 bridgehead atoms. The summed E-state index contributed by atoms with van der Waals surface area (Å²) in [5.41, 5.74) is 4.95. The number of fused-ring (bicyclic) bond motifs is 1. The molecule has 3 heterocycles. The largest absolute Gasteiger partial charge is 0.344 e. The first-order valence-corrected chi connectivity index (χ1v) is 10.3. The number of nitrogens with one attached hydrogen (secondary N) is 1. The van der Waals surface area contributed by atoms with Crippen LogP contribution in [0.2, 0.25) is 0 Å². The normalized spacial score (nSPS) is 12.3. The molecule has 154 valence electrons. The van der Waals surface area contributed by atoms with Crippen LogP contribution in [0.15, 0.2) is 48.8 Å². The van der Waals surface area contributed by atoms with Crippen LogP contribution in [0.25, 0.3) is 22.2 Å². The quantitative estimate of drug-likeness (QED) is 0.526. The smallest absolute Gasteiger partial charge is 0.252 e. The number of hydrogen-bond donors (Lipinski definition) is 1. The molecule has 7 heteroatoms. The number of nitrogens with zero attached hydrogens (tertiary/aromatic N) is 5. The molecule has 1 atom stereocenters. The van der Waals surface area contributed by atoms with Gasteiger partial charge in [-0.15, -0.1) is 0 Å². The summed E-state index contributed by atoms with van der Waals surface area (Å²) in [6.45, 7) is 9.56. The first-order chi connectivity index (χ1) is 14.5. The maximum Gasteiger partial charge on any atom is 0.252 e. The molecule has 4 rings (SSSR count). The van der Waals surface area contributed by atoms with E-state index in [4.69, 9.17) is 4.98 Å². The lowest BCUT2D eigenvalue weighted by molar-refractivity contribution is 0.0940. The van der Waals surface area contributed by atoms with E-state index in [9.17, 15) is 4.79 Å². The maximum atomic E-state index is 13.3. The van der Waals surface area contributed by atoms with Crippen LogP contribution in [-0.4, -0.2) is 30.5 Å². The molecule has 3 aromatic heterocycles. The molecular weight excluding hydrogens is 376 g/mol. The molecule has 7 nitrogen and oxygen atoms in total. The average Bonchev–Trinajstić information content (AvgIpc) is 3.39. The lowest BCUT2D eigenvalue weighted by atomic mass is 10.0. The monoisotopic (exact) mass is 402 g/mol. The van der Waals surface area contributed by atoms with E-state index in [-0.39, 0.29) is 11.9 Å². The lowest BCUT2D eigenvalue weighted by Crippen LogP contribution is -2.28. The molecule has 0 aliphatic carbocycles. The third-order valence-corrected chi connectivity index (χ3v) is 5.35. The Kier molecular flexibility index (Phi) is 5.35. The summed E-state index contributed by atoms with van der Waals surface area (Å²) in [6.07, 6.45) is 3.74. The second-order valence-electron chi connectivity index (χ2n) is 7.32. The summed E-state index contributed by atoms with van der Waals surface area (Å²) in [4.78, 5) is 18.1. The van der Waals surface area contributed by atoms with Crippen LogP contribution in [0.3, 0.4) is 0 Å². The van der Waals surface area contributed by atoms with Gasteiger partial charge in [-0.3, -0.25) is 14.2 Å². The van der Waals surface area contributed by atoms with Gasteiger partial charge in [0, 0.05) is 36.4 Å². The number of para-hydroxylation sites is 1. The van der Waals surface area contributed by atoms with Gasteiger partial charge in [0.2, 0.25) is 0 Å². The predicted octanol–water partition coefficient (Wildman–Crippen LogP) is 4.13. The topological polar surface area (TPSA) is 77.6 Å². The summed E-state index contributed by atoms with van der Waals surface area (Å²) in [5.74, 6) is -0.133. The number of aryl methyl sites for hydroxylation is 3. The standard InChI is InChI=1S/C23H26N6O/c1-5-28-14-19(15(3)27-28)21-13-18(17-9-7-8-10-20(17)26-21)23(30)25-16(4)22-11-12-24-29(22)6-2/h7-14,16H,5-6H2,1-4H3,(H,25,30). The Morgan fingerprint density at radius 3 is 2.70 bits per heavy atom. The zero-order valence-electron chi connectivity index (χ0n) is 17.8. The van der Waals surface area contributed by atoms with Gasteiger partial charge in [-0.1, -0.05) is 18.2 Å². The fraction of sp³-hybridized carbons (Fsp3) is 0.304. The molecule has 0 radical (unpaired) electrons. The van der Waals surface area contributed by atoms with Crippen LogP contribution in [0.5, 0.6) is 0 Å². The van der Waals surface area contributed by atoms with Crippen molar-refractivity contribution in [1.29, 1.82) is 0 Å². The molecule has 0 saturated carbocycles. The van der Waals surface area contributed by atoms with Crippen molar-refractivity contribution >= 4 is 16.8 Å². The van der Waals surface area contributed by atoms with Crippen molar-refractivity contribution in [1.82, 2.24) is 29.9 Å². The van der Waals surface area contributed by atoms with Gasteiger partial charge in [0.1, 0.15) is 0 Å². The third-order valence-electron chi connectivity index (χ3n) is 5.35. The average molecular weight is 403 g/mol. The Morgan fingerprint density at radius 1 is 1.17 bits per heavy atom. The SMILES string of the molecule is CCn1cc(-c2cc(C(=O)NC(C)c3ccnn3CC)c3ccccc3n2)c(C)n1. The highest BCUT2D eigenvalue weighted by Gasteiger charge is 2.19. The predicted molar refractivity (Wildman–Crippen MR) is 117 cm³/mol. The molecule has 1 unspecified atom stereocenters. The minimum atomic E-state index is -0.167. The van der Waals surface area contributed by atoms with E-state index < -0.39 is 0 Å². The molecule has 30 heavy (non-hydrogen) atoms. The first kappa shape index (κ1) is 19.8. The Morgan fingerprint density at radius 2 is 1.97 bits per heavy atom. The number of pyridine rings is 1. The van der Waals surface area contributed by atoms with Gasteiger partial charge < -0.3 is 5.32 Å².